The van der Waals surface area contributed by atoms with E-state index in [4.69, 9.17) is 21.1 Å². The zero-order valence-electron chi connectivity index (χ0n) is 28.2. The van der Waals surface area contributed by atoms with E-state index in [1.807, 2.05) is 0 Å². The number of likely N-dealkylation sites (tertiary alicyclic amines) is 1. The van der Waals surface area contributed by atoms with Crippen LogP contribution in [0, 0.1) is 5.92 Å². The van der Waals surface area contributed by atoms with Crippen LogP contribution in [0.1, 0.15) is 50.5 Å². The number of hydrogen-bond acceptors (Lipinski definition) is 10. The SMILES string of the molecule is O=C(CCN1CCCC1)NC1CCC(C(F)(F)c2cc(Cl)nc(N3CCN(S(=O)(=O)c4ccc5c(c4)OC[C@H]4[C@H](CO)OC(=O)N54)CC3)c2)CC1. The summed E-state index contributed by atoms with van der Waals surface area (Å²) in [5.74, 6) is -3.65. The Balaban J connectivity index is 0.954. The Morgan fingerprint density at radius 2 is 1.76 bits per heavy atom. The first-order chi connectivity index (χ1) is 24.4. The number of aromatic nitrogens is 1. The van der Waals surface area contributed by atoms with Gasteiger partial charge in [0.1, 0.15) is 29.4 Å². The zero-order valence-corrected chi connectivity index (χ0v) is 29.8. The summed E-state index contributed by atoms with van der Waals surface area (Å²) in [5, 5.41) is 12.5. The lowest BCUT2D eigenvalue weighted by Crippen LogP contribution is -2.49. The highest BCUT2D eigenvalue weighted by atomic mass is 35.5. The molecule has 4 aliphatic heterocycles. The molecule has 1 aliphatic carbocycles. The molecule has 13 nitrogen and oxygen atoms in total. The maximum absolute atomic E-state index is 16.0. The van der Waals surface area contributed by atoms with Crippen LogP contribution in [0.25, 0.3) is 0 Å². The number of rotatable bonds is 10. The first-order valence-corrected chi connectivity index (χ1v) is 19.5. The minimum absolute atomic E-state index is 0.0152. The molecule has 2 amide bonds. The van der Waals surface area contributed by atoms with Gasteiger partial charge in [-0.15, -0.1) is 0 Å². The third-order valence-corrected chi connectivity index (χ3v) is 12.9. The number of aliphatic hydroxyl groups excluding tert-OH is 1. The Labute approximate surface area is 300 Å². The molecule has 5 heterocycles. The van der Waals surface area contributed by atoms with Crippen LogP contribution in [0.2, 0.25) is 5.15 Å². The fourth-order valence-corrected chi connectivity index (χ4v) is 9.52. The Hall–Kier alpha value is -3.31. The van der Waals surface area contributed by atoms with Crippen molar-refractivity contribution >= 4 is 45.1 Å². The van der Waals surface area contributed by atoms with E-state index in [0.717, 1.165) is 32.5 Å². The average molecular weight is 753 g/mol. The number of sulfonamides is 1. The molecule has 1 aromatic carbocycles. The van der Waals surface area contributed by atoms with Gasteiger partial charge in [-0.3, -0.25) is 9.69 Å². The molecular weight excluding hydrogens is 710 g/mol. The smallest absolute Gasteiger partial charge is 0.415 e. The molecule has 2 aromatic rings. The van der Waals surface area contributed by atoms with E-state index >= 15 is 8.78 Å². The van der Waals surface area contributed by atoms with Crippen LogP contribution < -0.4 is 19.9 Å². The third-order valence-electron chi connectivity index (χ3n) is 10.8. The standard InChI is InChI=1S/C34H43ClF2N6O7S/c35-30-17-23(34(36,37)22-3-5-24(6-4-22)38-32(45)9-12-40-10-1-2-11-40)18-31(39-30)41-13-15-42(16-14-41)51(47,48)25-7-8-26-28(19-25)49-21-27-29(20-44)50-33(46)43(26)27/h7-8,17-19,22,24,27,29,44H,1-6,9-16,20-21H2,(H,38,45)/t22?,24?,27-,29-/m0/s1. The quantitative estimate of drug-likeness (QED) is 0.346. The average Bonchev–Trinajstić information content (AvgIpc) is 3.78. The van der Waals surface area contributed by atoms with Gasteiger partial charge < -0.3 is 29.7 Å². The first kappa shape index (κ1) is 36.1. The summed E-state index contributed by atoms with van der Waals surface area (Å²) < 4.78 is 71.5. The van der Waals surface area contributed by atoms with E-state index in [0.29, 0.717) is 24.9 Å². The summed E-state index contributed by atoms with van der Waals surface area (Å²) in [5.41, 5.74) is 0.132. The molecule has 17 heteroatoms. The van der Waals surface area contributed by atoms with Gasteiger partial charge in [0.2, 0.25) is 15.9 Å². The second-order valence-corrected chi connectivity index (χ2v) is 16.3. The number of anilines is 2. The van der Waals surface area contributed by atoms with Crippen molar-refractivity contribution in [3.63, 3.8) is 0 Å². The largest absolute Gasteiger partial charge is 0.489 e. The lowest BCUT2D eigenvalue weighted by molar-refractivity contribution is -0.122. The molecule has 2 N–H and O–H groups in total. The Kier molecular flexibility index (Phi) is 10.3. The van der Waals surface area contributed by atoms with Gasteiger partial charge in [0.05, 0.1) is 17.2 Å². The number of carbonyl (C=O) groups is 2. The summed E-state index contributed by atoms with van der Waals surface area (Å²) >= 11 is 6.28. The third kappa shape index (κ3) is 7.34. The van der Waals surface area contributed by atoms with E-state index in [-0.39, 0.29) is 91.4 Å². The number of hydrogen-bond donors (Lipinski definition) is 2. The number of alkyl halides is 2. The number of fused-ring (bicyclic) bond motifs is 3. The van der Waals surface area contributed by atoms with Crippen molar-refractivity contribution < 1.29 is 41.4 Å². The number of piperazine rings is 1. The highest BCUT2D eigenvalue weighted by Crippen LogP contribution is 2.45. The highest BCUT2D eigenvalue weighted by molar-refractivity contribution is 7.89. The number of benzene rings is 1. The van der Waals surface area contributed by atoms with Crippen molar-refractivity contribution in [1.82, 2.24) is 19.5 Å². The molecule has 1 aromatic heterocycles. The van der Waals surface area contributed by atoms with Gasteiger partial charge in [-0.1, -0.05) is 11.6 Å². The monoisotopic (exact) mass is 752 g/mol. The Bertz CT molecular complexity index is 1730. The van der Waals surface area contributed by atoms with Gasteiger partial charge >= 0.3 is 6.09 Å². The number of carbonyl (C=O) groups excluding carboxylic acids is 2. The van der Waals surface area contributed by atoms with E-state index in [1.54, 1.807) is 4.90 Å². The maximum Gasteiger partial charge on any atom is 0.415 e. The predicted molar refractivity (Wildman–Crippen MR) is 184 cm³/mol. The van der Waals surface area contributed by atoms with Gasteiger partial charge in [-0.2, -0.15) is 4.31 Å². The molecule has 0 radical (unpaired) electrons. The van der Waals surface area contributed by atoms with Crippen molar-refractivity contribution in [3.8, 4) is 5.75 Å². The molecule has 1 saturated carbocycles. The Morgan fingerprint density at radius 1 is 1.04 bits per heavy atom. The van der Waals surface area contributed by atoms with Crippen molar-refractivity contribution in [2.75, 3.05) is 68.8 Å². The maximum atomic E-state index is 16.0. The summed E-state index contributed by atoms with van der Waals surface area (Å²) in [7, 11) is -3.97. The van der Waals surface area contributed by atoms with Crippen LogP contribution >= 0.6 is 11.6 Å². The molecule has 51 heavy (non-hydrogen) atoms. The molecule has 0 spiro atoms. The molecule has 3 saturated heterocycles. The highest BCUT2D eigenvalue weighted by Gasteiger charge is 2.47. The van der Waals surface area contributed by atoms with Gasteiger partial charge in [0, 0.05) is 62.7 Å². The zero-order chi connectivity index (χ0) is 35.9. The van der Waals surface area contributed by atoms with E-state index in [1.165, 1.54) is 39.5 Å². The van der Waals surface area contributed by atoms with Gasteiger partial charge in [-0.05, 0) is 75.9 Å². The number of halogens is 3. The topological polar surface area (TPSA) is 145 Å². The van der Waals surface area contributed by atoms with Crippen LogP contribution in [0.5, 0.6) is 5.75 Å². The minimum Gasteiger partial charge on any atom is -0.489 e. The van der Waals surface area contributed by atoms with Crippen molar-refractivity contribution in [1.29, 1.82) is 0 Å². The van der Waals surface area contributed by atoms with E-state index in [2.05, 4.69) is 15.2 Å². The number of ether oxygens (including phenoxy) is 2. The number of nitrogens with one attached hydrogen (secondary N) is 1. The number of amides is 2. The Morgan fingerprint density at radius 3 is 2.47 bits per heavy atom. The van der Waals surface area contributed by atoms with Crippen LogP contribution in [-0.2, 0) is 25.5 Å². The molecular formula is C34H43ClF2N6O7S. The molecule has 2 atom stereocenters. The van der Waals surface area contributed by atoms with Crippen molar-refractivity contribution in [2.24, 2.45) is 5.92 Å². The molecule has 4 fully saturated rings. The van der Waals surface area contributed by atoms with Crippen LogP contribution in [0.15, 0.2) is 35.2 Å². The van der Waals surface area contributed by atoms with Crippen LogP contribution in [-0.4, -0.2) is 117 Å². The number of aliphatic hydroxyl groups is 1. The lowest BCUT2D eigenvalue weighted by Gasteiger charge is -2.36. The minimum atomic E-state index is -3.97. The fraction of sp³-hybridized carbons (Fsp3) is 0.618. The first-order valence-electron chi connectivity index (χ1n) is 17.6. The summed E-state index contributed by atoms with van der Waals surface area (Å²) in [6, 6.07) is 6.17. The van der Waals surface area contributed by atoms with Gasteiger partial charge in [-0.25, -0.2) is 27.0 Å². The molecule has 278 valence electrons. The van der Waals surface area contributed by atoms with Gasteiger partial charge in [0.15, 0.2) is 6.10 Å². The second-order valence-electron chi connectivity index (χ2n) is 13.9. The normalized spacial score (nSPS) is 26.0. The number of cyclic esters (lactones) is 1. The van der Waals surface area contributed by atoms with Crippen LogP contribution in [0.4, 0.5) is 25.1 Å². The van der Waals surface area contributed by atoms with Crippen molar-refractivity contribution in [2.45, 2.75) is 74.0 Å². The second kappa shape index (κ2) is 14.6. The predicted octanol–water partition coefficient (Wildman–Crippen LogP) is 3.58. The molecule has 5 aliphatic rings. The summed E-state index contributed by atoms with van der Waals surface area (Å²) in [6.07, 6.45) is 2.84. The van der Waals surface area contributed by atoms with Gasteiger partial charge in [0.25, 0.3) is 5.92 Å². The summed E-state index contributed by atoms with van der Waals surface area (Å²) in [6.45, 7) is 3.00. The summed E-state index contributed by atoms with van der Waals surface area (Å²) in [4.78, 5) is 34.6. The molecule has 7 rings (SSSR count). The number of nitrogens with zero attached hydrogens (tertiary/aromatic N) is 5. The van der Waals surface area contributed by atoms with Crippen LogP contribution in [0.3, 0.4) is 0 Å². The lowest BCUT2D eigenvalue weighted by atomic mass is 9.80. The molecule has 0 unspecified atom stereocenters. The van der Waals surface area contributed by atoms with E-state index in [9.17, 15) is 23.1 Å². The molecule has 0 bridgehead atoms. The van der Waals surface area contributed by atoms with E-state index < -0.39 is 40.1 Å². The van der Waals surface area contributed by atoms with Crippen molar-refractivity contribution in [3.05, 3.63) is 41.0 Å². The number of pyridine rings is 1. The fourth-order valence-electron chi connectivity index (χ4n) is 7.87.